The molecule has 0 saturated carbocycles. The lowest BCUT2D eigenvalue weighted by Crippen LogP contribution is -2.12. The lowest BCUT2D eigenvalue weighted by atomic mass is 9.97. The third-order valence-electron chi connectivity index (χ3n) is 3.75. The molecule has 1 saturated heterocycles. The molecule has 0 bridgehead atoms. The van der Waals surface area contributed by atoms with Crippen LogP contribution in [0.3, 0.4) is 0 Å². The second-order valence-electron chi connectivity index (χ2n) is 5.29. The Labute approximate surface area is 125 Å². The van der Waals surface area contributed by atoms with Gasteiger partial charge >= 0.3 is 0 Å². The second kappa shape index (κ2) is 8.96. The number of thioether (sulfide) groups is 2. The fourth-order valence-corrected chi connectivity index (χ4v) is 5.95. The van der Waals surface area contributed by atoms with E-state index in [0.29, 0.717) is 0 Å². The Morgan fingerprint density at radius 1 is 1.26 bits per heavy atom. The van der Waals surface area contributed by atoms with Gasteiger partial charge in [0, 0.05) is 30.3 Å². The van der Waals surface area contributed by atoms with Crippen LogP contribution in [0.4, 0.5) is 0 Å². The van der Waals surface area contributed by atoms with E-state index >= 15 is 0 Å². The number of unbranched alkanes of at least 4 members (excludes halogenated alkanes) is 2. The van der Waals surface area contributed by atoms with Crippen molar-refractivity contribution in [3.05, 3.63) is 18.2 Å². The topological polar surface area (TPSA) is 28.7 Å². The van der Waals surface area contributed by atoms with Crippen LogP contribution < -0.4 is 0 Å². The Balaban J connectivity index is 1.66. The molecule has 1 aromatic rings. The molecule has 2 rings (SSSR count). The molecule has 1 N–H and O–H groups in total. The first-order valence-electron chi connectivity index (χ1n) is 7.61. The summed E-state index contributed by atoms with van der Waals surface area (Å²) in [7, 11) is 0. The van der Waals surface area contributed by atoms with E-state index in [1.165, 1.54) is 50.0 Å². The minimum absolute atomic E-state index is 0.884. The molecular weight excluding hydrogens is 272 g/mol. The highest BCUT2D eigenvalue weighted by Crippen LogP contribution is 2.41. The Kier molecular flexibility index (Phi) is 7.21. The quantitative estimate of drug-likeness (QED) is 0.668. The first kappa shape index (κ1) is 15.3. The van der Waals surface area contributed by atoms with E-state index < -0.39 is 0 Å². The monoisotopic (exact) mass is 298 g/mol. The van der Waals surface area contributed by atoms with Gasteiger partial charge in [-0.2, -0.15) is 0 Å². The summed E-state index contributed by atoms with van der Waals surface area (Å²) in [5.74, 6) is 4.82. The lowest BCUT2D eigenvalue weighted by molar-refractivity contribution is 0.444. The largest absolute Gasteiger partial charge is 0.349 e. The maximum atomic E-state index is 4.30. The van der Waals surface area contributed by atoms with E-state index in [9.17, 15) is 0 Å². The maximum absolute atomic E-state index is 4.30. The molecule has 1 atom stereocenters. The number of nitrogens with one attached hydrogen (secondary N) is 1. The van der Waals surface area contributed by atoms with Crippen molar-refractivity contribution in [2.24, 2.45) is 5.92 Å². The van der Waals surface area contributed by atoms with E-state index in [4.69, 9.17) is 0 Å². The average molecular weight is 299 g/mol. The first-order valence-corrected chi connectivity index (χ1v) is 9.71. The van der Waals surface area contributed by atoms with E-state index in [0.717, 1.165) is 22.7 Å². The molecule has 19 heavy (non-hydrogen) atoms. The molecule has 1 fully saturated rings. The molecule has 2 nitrogen and oxygen atoms in total. The summed E-state index contributed by atoms with van der Waals surface area (Å²) < 4.78 is 0.884. The molecule has 0 radical (unpaired) electrons. The van der Waals surface area contributed by atoms with Crippen LogP contribution in [-0.4, -0.2) is 26.1 Å². The van der Waals surface area contributed by atoms with Crippen LogP contribution in [0.2, 0.25) is 0 Å². The van der Waals surface area contributed by atoms with Gasteiger partial charge in [-0.05, 0) is 25.2 Å². The zero-order valence-corrected chi connectivity index (χ0v) is 13.6. The highest BCUT2D eigenvalue weighted by atomic mass is 32.2. The van der Waals surface area contributed by atoms with Gasteiger partial charge in [-0.25, -0.2) is 4.98 Å². The van der Waals surface area contributed by atoms with Gasteiger partial charge in [0.15, 0.2) is 0 Å². The van der Waals surface area contributed by atoms with Crippen molar-refractivity contribution < 1.29 is 0 Å². The van der Waals surface area contributed by atoms with Crippen molar-refractivity contribution in [2.45, 2.75) is 56.5 Å². The van der Waals surface area contributed by atoms with Crippen molar-refractivity contribution in [3.63, 3.8) is 0 Å². The molecular formula is C15H26N2S2. The van der Waals surface area contributed by atoms with Gasteiger partial charge < -0.3 is 4.98 Å². The SMILES string of the molecule is CCCCC(CCCCc1ncc[nH]1)C1SCCS1. The second-order valence-corrected chi connectivity index (χ2v) is 8.09. The van der Waals surface area contributed by atoms with Crippen LogP contribution in [0.1, 0.15) is 51.3 Å². The third-order valence-corrected chi connectivity index (χ3v) is 7.14. The smallest absolute Gasteiger partial charge is 0.105 e. The van der Waals surface area contributed by atoms with Gasteiger partial charge in [0.25, 0.3) is 0 Å². The molecule has 108 valence electrons. The molecule has 1 aliphatic heterocycles. The standard InChI is InChI=1S/C15H26N2S2/c1-2-3-6-13(15-18-11-12-19-15)7-4-5-8-14-16-9-10-17-14/h9-10,13,15H,2-8,11-12H2,1H3,(H,16,17). The number of rotatable bonds is 9. The van der Waals surface area contributed by atoms with Crippen LogP contribution in [0.5, 0.6) is 0 Å². The highest BCUT2D eigenvalue weighted by Gasteiger charge is 2.25. The Morgan fingerprint density at radius 3 is 2.74 bits per heavy atom. The summed E-state index contributed by atoms with van der Waals surface area (Å²) in [5.41, 5.74) is 0. The van der Waals surface area contributed by atoms with E-state index in [2.05, 4.69) is 40.4 Å². The number of aromatic amines is 1. The predicted molar refractivity (Wildman–Crippen MR) is 87.9 cm³/mol. The number of hydrogen-bond donors (Lipinski definition) is 1. The number of hydrogen-bond acceptors (Lipinski definition) is 3. The van der Waals surface area contributed by atoms with E-state index in [1.54, 1.807) is 0 Å². The minimum atomic E-state index is 0.884. The number of H-pyrrole nitrogens is 1. The molecule has 0 spiro atoms. The van der Waals surface area contributed by atoms with Crippen LogP contribution >= 0.6 is 23.5 Å². The highest BCUT2D eigenvalue weighted by molar-refractivity contribution is 8.20. The molecule has 1 unspecified atom stereocenters. The number of aromatic nitrogens is 2. The fourth-order valence-electron chi connectivity index (χ4n) is 2.67. The summed E-state index contributed by atoms with van der Waals surface area (Å²) in [4.78, 5) is 7.49. The minimum Gasteiger partial charge on any atom is -0.349 e. The van der Waals surface area contributed by atoms with E-state index in [1.807, 2.05) is 12.4 Å². The zero-order chi connectivity index (χ0) is 13.3. The predicted octanol–water partition coefficient (Wildman–Crippen LogP) is 4.74. The van der Waals surface area contributed by atoms with Gasteiger partial charge in [0.2, 0.25) is 0 Å². The van der Waals surface area contributed by atoms with Crippen molar-refractivity contribution in [1.82, 2.24) is 9.97 Å². The van der Waals surface area contributed by atoms with Gasteiger partial charge in [0.05, 0.1) is 4.58 Å². The molecule has 0 aromatic carbocycles. The van der Waals surface area contributed by atoms with Crippen molar-refractivity contribution in [2.75, 3.05) is 11.5 Å². The molecule has 1 aromatic heterocycles. The third kappa shape index (κ3) is 5.42. The summed E-state index contributed by atoms with van der Waals surface area (Å²) in [6, 6.07) is 0. The van der Waals surface area contributed by atoms with Crippen molar-refractivity contribution in [3.8, 4) is 0 Å². The summed E-state index contributed by atoms with van der Waals surface area (Å²) in [6.45, 7) is 2.31. The van der Waals surface area contributed by atoms with Gasteiger partial charge in [-0.3, -0.25) is 0 Å². The molecule has 0 aliphatic carbocycles. The molecule has 0 amide bonds. The number of imidazole rings is 1. The number of aryl methyl sites for hydroxylation is 1. The summed E-state index contributed by atoms with van der Waals surface area (Å²) in [5, 5.41) is 0. The van der Waals surface area contributed by atoms with Gasteiger partial charge in [-0.1, -0.05) is 26.2 Å². The van der Waals surface area contributed by atoms with Crippen molar-refractivity contribution in [1.29, 1.82) is 0 Å². The number of nitrogens with zero attached hydrogens (tertiary/aromatic N) is 1. The fraction of sp³-hybridized carbons (Fsp3) is 0.800. The normalized spacial score (nSPS) is 17.9. The van der Waals surface area contributed by atoms with Crippen molar-refractivity contribution >= 4 is 23.5 Å². The molecule has 2 heterocycles. The Morgan fingerprint density at radius 2 is 2.05 bits per heavy atom. The van der Waals surface area contributed by atoms with Crippen LogP contribution in [0, 0.1) is 5.92 Å². The maximum Gasteiger partial charge on any atom is 0.105 e. The van der Waals surface area contributed by atoms with Gasteiger partial charge in [0.1, 0.15) is 5.82 Å². The first-order chi connectivity index (χ1) is 9.40. The molecule has 1 aliphatic rings. The lowest BCUT2D eigenvalue weighted by Gasteiger charge is -2.22. The van der Waals surface area contributed by atoms with E-state index in [-0.39, 0.29) is 0 Å². The summed E-state index contributed by atoms with van der Waals surface area (Å²) >= 11 is 4.40. The Bertz CT molecular complexity index is 321. The van der Waals surface area contributed by atoms with Crippen LogP contribution in [0.25, 0.3) is 0 Å². The van der Waals surface area contributed by atoms with Crippen LogP contribution in [0.15, 0.2) is 12.4 Å². The summed E-state index contributed by atoms with van der Waals surface area (Å²) in [6.07, 6.45) is 13.1. The zero-order valence-electron chi connectivity index (χ0n) is 11.9. The average Bonchev–Trinajstić information content (AvgIpc) is 3.11. The van der Waals surface area contributed by atoms with Crippen LogP contribution in [-0.2, 0) is 6.42 Å². The van der Waals surface area contributed by atoms with Gasteiger partial charge in [-0.15, -0.1) is 23.5 Å². The Hall–Kier alpha value is -0.0900. The molecule has 4 heteroatoms.